The van der Waals surface area contributed by atoms with E-state index in [0.29, 0.717) is 12.8 Å². The van der Waals surface area contributed by atoms with Crippen LogP contribution in [-0.4, -0.2) is 18.0 Å². The summed E-state index contributed by atoms with van der Waals surface area (Å²) in [5.41, 5.74) is 7.13. The second kappa shape index (κ2) is 7.55. The maximum Gasteiger partial charge on any atom is 0.221 e. The zero-order valence-electron chi connectivity index (χ0n) is 13.4. The molecule has 1 aromatic rings. The Labute approximate surface area is 127 Å². The van der Waals surface area contributed by atoms with E-state index in [2.05, 4.69) is 26.1 Å². The van der Waals surface area contributed by atoms with Gasteiger partial charge in [-0.2, -0.15) is 0 Å². The molecular weight excluding hydrogens is 267 g/mol. The lowest BCUT2D eigenvalue weighted by atomic mass is 9.87. The molecule has 21 heavy (non-hydrogen) atoms. The fraction of sp³-hybridized carbons (Fsp3) is 0.588. The van der Waals surface area contributed by atoms with Gasteiger partial charge in [0, 0.05) is 18.5 Å². The highest BCUT2D eigenvalue weighted by atomic mass is 19.1. The van der Waals surface area contributed by atoms with Crippen LogP contribution in [0.5, 0.6) is 0 Å². The van der Waals surface area contributed by atoms with Crippen LogP contribution < -0.4 is 11.1 Å². The van der Waals surface area contributed by atoms with Crippen LogP contribution in [0.3, 0.4) is 0 Å². The van der Waals surface area contributed by atoms with Gasteiger partial charge in [0.1, 0.15) is 5.82 Å². The van der Waals surface area contributed by atoms with E-state index >= 15 is 0 Å². The van der Waals surface area contributed by atoms with E-state index in [9.17, 15) is 9.18 Å². The summed E-state index contributed by atoms with van der Waals surface area (Å²) in [5, 5.41) is 2.95. The molecule has 0 aromatic heterocycles. The Balaban J connectivity index is 2.38. The first-order valence-electron chi connectivity index (χ1n) is 7.45. The van der Waals surface area contributed by atoms with Gasteiger partial charge in [0.25, 0.3) is 0 Å². The Morgan fingerprint density at radius 2 is 1.86 bits per heavy atom. The number of hydrogen-bond donors (Lipinski definition) is 2. The molecule has 4 heteroatoms. The summed E-state index contributed by atoms with van der Waals surface area (Å²) in [6.07, 6.45) is 1.83. The minimum Gasteiger partial charge on any atom is -0.353 e. The molecule has 0 fully saturated rings. The lowest BCUT2D eigenvalue weighted by Gasteiger charge is -2.23. The second-order valence-corrected chi connectivity index (χ2v) is 7.03. The predicted octanol–water partition coefficient (Wildman–Crippen LogP) is 3.03. The topological polar surface area (TPSA) is 55.1 Å². The van der Waals surface area contributed by atoms with Crippen LogP contribution >= 0.6 is 0 Å². The normalized spacial score (nSPS) is 14.6. The molecule has 0 aliphatic carbocycles. The van der Waals surface area contributed by atoms with Crippen molar-refractivity contribution in [2.24, 2.45) is 11.1 Å². The average Bonchev–Trinajstić information content (AvgIpc) is 2.28. The van der Waals surface area contributed by atoms with Crippen molar-refractivity contribution < 1.29 is 9.18 Å². The van der Waals surface area contributed by atoms with Crippen molar-refractivity contribution in [2.75, 3.05) is 0 Å². The van der Waals surface area contributed by atoms with Crippen LogP contribution in [0.4, 0.5) is 4.39 Å². The van der Waals surface area contributed by atoms with E-state index in [0.717, 1.165) is 12.0 Å². The number of halogens is 1. The first kappa shape index (κ1) is 17.6. The molecule has 0 aliphatic rings. The molecule has 0 heterocycles. The molecular formula is C17H27FN2O. The molecule has 0 radical (unpaired) electrons. The first-order chi connectivity index (χ1) is 9.65. The Morgan fingerprint density at radius 3 is 2.38 bits per heavy atom. The van der Waals surface area contributed by atoms with Crippen LogP contribution in [-0.2, 0) is 11.2 Å². The van der Waals surface area contributed by atoms with Gasteiger partial charge in [0.05, 0.1) is 0 Å². The second-order valence-electron chi connectivity index (χ2n) is 7.03. The van der Waals surface area contributed by atoms with Crippen LogP contribution in [0.15, 0.2) is 24.3 Å². The van der Waals surface area contributed by atoms with Crippen molar-refractivity contribution in [3.63, 3.8) is 0 Å². The van der Waals surface area contributed by atoms with E-state index in [4.69, 9.17) is 5.73 Å². The highest BCUT2D eigenvalue weighted by molar-refractivity contribution is 5.76. The molecule has 0 spiro atoms. The minimum absolute atomic E-state index is 0.00444. The number of benzene rings is 1. The van der Waals surface area contributed by atoms with E-state index in [-0.39, 0.29) is 29.2 Å². The number of nitrogens with two attached hydrogens (primary N) is 1. The smallest absolute Gasteiger partial charge is 0.221 e. The predicted molar refractivity (Wildman–Crippen MR) is 84.4 cm³/mol. The maximum atomic E-state index is 12.8. The van der Waals surface area contributed by atoms with E-state index in [1.807, 2.05) is 6.92 Å². The summed E-state index contributed by atoms with van der Waals surface area (Å²) in [5.74, 6) is -0.273. The zero-order chi connectivity index (χ0) is 16.0. The highest BCUT2D eigenvalue weighted by Gasteiger charge is 2.18. The zero-order valence-corrected chi connectivity index (χ0v) is 13.4. The molecule has 1 rings (SSSR count). The molecule has 0 aliphatic heterocycles. The summed E-state index contributed by atoms with van der Waals surface area (Å²) < 4.78 is 12.8. The van der Waals surface area contributed by atoms with E-state index in [1.54, 1.807) is 12.1 Å². The molecule has 3 N–H and O–H groups in total. The van der Waals surface area contributed by atoms with Gasteiger partial charge in [-0.15, -0.1) is 0 Å². The van der Waals surface area contributed by atoms with Crippen LogP contribution in [0, 0.1) is 11.2 Å². The summed E-state index contributed by atoms with van der Waals surface area (Å²) >= 11 is 0. The van der Waals surface area contributed by atoms with Gasteiger partial charge < -0.3 is 11.1 Å². The Kier molecular flexibility index (Phi) is 6.34. The fourth-order valence-electron chi connectivity index (χ4n) is 2.46. The minimum atomic E-state index is -0.247. The van der Waals surface area contributed by atoms with Crippen molar-refractivity contribution in [3.8, 4) is 0 Å². The third kappa shape index (κ3) is 7.81. The summed E-state index contributed by atoms with van der Waals surface area (Å²) in [6.45, 7) is 8.28. The van der Waals surface area contributed by atoms with Gasteiger partial charge >= 0.3 is 0 Å². The number of carbonyl (C=O) groups excluding carboxylic acids is 1. The van der Waals surface area contributed by atoms with Crippen molar-refractivity contribution in [2.45, 2.75) is 59.0 Å². The van der Waals surface area contributed by atoms with Crippen molar-refractivity contribution in [3.05, 3.63) is 35.6 Å². The number of rotatable bonds is 6. The third-order valence-electron chi connectivity index (χ3n) is 3.18. The number of nitrogens with one attached hydrogen (secondary N) is 1. The molecule has 2 unspecified atom stereocenters. The van der Waals surface area contributed by atoms with Gasteiger partial charge in [-0.25, -0.2) is 4.39 Å². The molecule has 3 nitrogen and oxygen atoms in total. The monoisotopic (exact) mass is 294 g/mol. The van der Waals surface area contributed by atoms with E-state index in [1.165, 1.54) is 12.1 Å². The summed E-state index contributed by atoms with van der Waals surface area (Å²) in [7, 11) is 0. The van der Waals surface area contributed by atoms with Crippen LogP contribution in [0.1, 0.15) is 46.1 Å². The molecule has 1 amide bonds. The third-order valence-corrected chi connectivity index (χ3v) is 3.18. The lowest BCUT2D eigenvalue weighted by molar-refractivity contribution is -0.122. The molecule has 118 valence electrons. The molecule has 0 saturated carbocycles. The number of carbonyl (C=O) groups is 1. The summed E-state index contributed by atoms with van der Waals surface area (Å²) in [6, 6.07) is 6.23. The lowest BCUT2D eigenvalue weighted by Crippen LogP contribution is -2.38. The first-order valence-corrected chi connectivity index (χ1v) is 7.45. The van der Waals surface area contributed by atoms with Gasteiger partial charge in [-0.1, -0.05) is 32.9 Å². The van der Waals surface area contributed by atoms with Gasteiger partial charge in [0.15, 0.2) is 0 Å². The Bertz CT molecular complexity index is 451. The van der Waals surface area contributed by atoms with Crippen LogP contribution in [0.2, 0.25) is 0 Å². The highest BCUT2D eigenvalue weighted by Crippen LogP contribution is 2.21. The van der Waals surface area contributed by atoms with Crippen molar-refractivity contribution >= 4 is 5.91 Å². The largest absolute Gasteiger partial charge is 0.353 e. The number of hydrogen-bond acceptors (Lipinski definition) is 2. The molecule has 1 aromatic carbocycles. The van der Waals surface area contributed by atoms with Gasteiger partial charge in [-0.3, -0.25) is 4.79 Å². The Morgan fingerprint density at radius 1 is 1.29 bits per heavy atom. The van der Waals surface area contributed by atoms with Gasteiger partial charge in [-0.05, 0) is 42.9 Å². The average molecular weight is 294 g/mol. The fourth-order valence-corrected chi connectivity index (χ4v) is 2.46. The number of amides is 1. The molecule has 0 saturated heterocycles. The van der Waals surface area contributed by atoms with Gasteiger partial charge in [0.2, 0.25) is 5.91 Å². The van der Waals surface area contributed by atoms with Crippen molar-refractivity contribution in [1.82, 2.24) is 5.32 Å². The SMILES string of the molecule is CC(Cc1ccc(F)cc1)NC(=O)CC(N)CC(C)(C)C. The Hall–Kier alpha value is -1.42. The molecule has 2 atom stereocenters. The molecule has 0 bridgehead atoms. The maximum absolute atomic E-state index is 12.8. The quantitative estimate of drug-likeness (QED) is 0.847. The van der Waals surface area contributed by atoms with Crippen LogP contribution in [0.25, 0.3) is 0 Å². The standard InChI is InChI=1S/C17H27FN2O/c1-12(9-13-5-7-14(18)8-6-13)20-16(21)10-15(19)11-17(2,3)4/h5-8,12,15H,9-11,19H2,1-4H3,(H,20,21). The van der Waals surface area contributed by atoms with Crippen molar-refractivity contribution in [1.29, 1.82) is 0 Å². The summed E-state index contributed by atoms with van der Waals surface area (Å²) in [4.78, 5) is 11.9. The van der Waals surface area contributed by atoms with E-state index < -0.39 is 0 Å².